The van der Waals surface area contributed by atoms with Gasteiger partial charge in [0.25, 0.3) is 0 Å². The summed E-state index contributed by atoms with van der Waals surface area (Å²) in [4.78, 5) is 4.24. The minimum atomic E-state index is 0. The Morgan fingerprint density at radius 1 is 1.39 bits per heavy atom. The highest BCUT2D eigenvalue weighted by molar-refractivity contribution is 14.0. The second-order valence-electron chi connectivity index (χ2n) is 4.27. The highest BCUT2D eigenvalue weighted by Crippen LogP contribution is 2.19. The van der Waals surface area contributed by atoms with E-state index in [9.17, 15) is 0 Å². The monoisotopic (exact) mass is 367 g/mol. The smallest absolute Gasteiger partial charge is 0.191 e. The Morgan fingerprint density at radius 2 is 2.22 bits per heavy atom. The van der Waals surface area contributed by atoms with E-state index >= 15 is 0 Å². The van der Waals surface area contributed by atoms with Gasteiger partial charge >= 0.3 is 0 Å². The van der Waals surface area contributed by atoms with Crippen molar-refractivity contribution in [3.8, 4) is 0 Å². The first kappa shape index (κ1) is 17.7. The number of allylic oxidation sites excluding steroid dienone is 1. The van der Waals surface area contributed by atoms with Gasteiger partial charge in [0.15, 0.2) is 5.96 Å². The number of nitrogens with one attached hydrogen (secondary N) is 2. The van der Waals surface area contributed by atoms with Gasteiger partial charge in [-0.05, 0) is 39.0 Å². The molecular weight excluding hydrogens is 341 g/mol. The van der Waals surface area contributed by atoms with Crippen LogP contribution in [0.15, 0.2) is 16.6 Å². The van der Waals surface area contributed by atoms with Crippen molar-refractivity contribution in [1.29, 1.82) is 0 Å². The number of nitrogens with zero attached hydrogens (tertiary/aromatic N) is 1. The van der Waals surface area contributed by atoms with Crippen molar-refractivity contribution in [2.24, 2.45) is 4.99 Å². The van der Waals surface area contributed by atoms with Crippen LogP contribution in [0.25, 0.3) is 0 Å². The fourth-order valence-electron chi connectivity index (χ4n) is 1.98. The third-order valence-corrected chi connectivity index (χ3v) is 2.84. The Bertz CT molecular complexity index is 267. The SMILES string of the molecule is CCNC(=NCCO)NCCC1=CCCCC1.I. The number of aliphatic hydroxyl groups is 1. The van der Waals surface area contributed by atoms with Gasteiger partial charge in [-0.1, -0.05) is 11.6 Å². The van der Waals surface area contributed by atoms with E-state index in [0.29, 0.717) is 6.54 Å². The average Bonchev–Trinajstić information content (AvgIpc) is 2.37. The topological polar surface area (TPSA) is 56.7 Å². The summed E-state index contributed by atoms with van der Waals surface area (Å²) in [7, 11) is 0. The van der Waals surface area contributed by atoms with Crippen LogP contribution >= 0.6 is 24.0 Å². The molecule has 18 heavy (non-hydrogen) atoms. The van der Waals surface area contributed by atoms with Gasteiger partial charge in [0.1, 0.15) is 0 Å². The molecule has 0 saturated carbocycles. The standard InChI is InChI=1S/C13H25N3O.HI/c1-2-14-13(16-10-11-17)15-9-8-12-6-4-3-5-7-12;/h6,17H,2-5,7-11H2,1H3,(H2,14,15,16);1H. The molecule has 5 heteroatoms. The highest BCUT2D eigenvalue weighted by Gasteiger charge is 2.03. The number of aliphatic imine (C=N–C) groups is 1. The van der Waals surface area contributed by atoms with Gasteiger partial charge in [-0.25, -0.2) is 0 Å². The van der Waals surface area contributed by atoms with Gasteiger partial charge in [-0.2, -0.15) is 0 Å². The number of aliphatic hydroxyl groups excluding tert-OH is 1. The number of guanidine groups is 1. The Kier molecular flexibility index (Phi) is 11.6. The molecule has 0 saturated heterocycles. The van der Waals surface area contributed by atoms with Crippen LogP contribution in [0.4, 0.5) is 0 Å². The molecule has 0 aromatic heterocycles. The maximum Gasteiger partial charge on any atom is 0.191 e. The fraction of sp³-hybridized carbons (Fsp3) is 0.769. The molecule has 0 unspecified atom stereocenters. The first-order valence-electron chi connectivity index (χ1n) is 6.67. The lowest BCUT2D eigenvalue weighted by Crippen LogP contribution is -2.38. The van der Waals surface area contributed by atoms with E-state index in [0.717, 1.165) is 25.5 Å². The Balaban J connectivity index is 0.00000289. The van der Waals surface area contributed by atoms with Crippen molar-refractivity contribution < 1.29 is 5.11 Å². The lowest BCUT2D eigenvalue weighted by atomic mass is 9.97. The second kappa shape index (κ2) is 11.8. The quantitative estimate of drug-likeness (QED) is 0.292. The van der Waals surface area contributed by atoms with E-state index in [1.165, 1.54) is 25.7 Å². The summed E-state index contributed by atoms with van der Waals surface area (Å²) in [6, 6.07) is 0. The first-order valence-corrected chi connectivity index (χ1v) is 6.67. The van der Waals surface area contributed by atoms with Crippen molar-refractivity contribution in [2.45, 2.75) is 39.0 Å². The van der Waals surface area contributed by atoms with Crippen LogP contribution < -0.4 is 10.6 Å². The fourth-order valence-corrected chi connectivity index (χ4v) is 1.98. The summed E-state index contributed by atoms with van der Waals surface area (Å²) in [5, 5.41) is 15.2. The van der Waals surface area contributed by atoms with Gasteiger partial charge < -0.3 is 15.7 Å². The molecule has 0 aromatic carbocycles. The Labute approximate surface area is 127 Å². The van der Waals surface area contributed by atoms with Crippen molar-refractivity contribution >= 4 is 29.9 Å². The predicted octanol–water partition coefficient (Wildman–Crippen LogP) is 2.04. The van der Waals surface area contributed by atoms with Crippen LogP contribution in [-0.4, -0.2) is 37.3 Å². The van der Waals surface area contributed by atoms with Gasteiger partial charge in [0.2, 0.25) is 0 Å². The molecule has 0 atom stereocenters. The van der Waals surface area contributed by atoms with Crippen molar-refractivity contribution in [3.05, 3.63) is 11.6 Å². The molecule has 1 aliphatic carbocycles. The van der Waals surface area contributed by atoms with Crippen molar-refractivity contribution in [2.75, 3.05) is 26.2 Å². The third-order valence-electron chi connectivity index (χ3n) is 2.84. The normalized spacial score (nSPS) is 15.7. The van der Waals surface area contributed by atoms with Crippen LogP contribution in [0.2, 0.25) is 0 Å². The summed E-state index contributed by atoms with van der Waals surface area (Å²) in [5.74, 6) is 0.804. The van der Waals surface area contributed by atoms with Gasteiger partial charge in [-0.15, -0.1) is 24.0 Å². The van der Waals surface area contributed by atoms with E-state index in [4.69, 9.17) is 5.11 Å². The van der Waals surface area contributed by atoms with E-state index in [1.807, 2.05) is 6.92 Å². The highest BCUT2D eigenvalue weighted by atomic mass is 127. The maximum absolute atomic E-state index is 8.74. The summed E-state index contributed by atoms with van der Waals surface area (Å²) in [5.41, 5.74) is 1.57. The number of hydrogen-bond donors (Lipinski definition) is 3. The lowest BCUT2D eigenvalue weighted by molar-refractivity contribution is 0.306. The van der Waals surface area contributed by atoms with E-state index in [2.05, 4.69) is 21.7 Å². The molecule has 0 aliphatic heterocycles. The maximum atomic E-state index is 8.74. The Hall–Kier alpha value is -0.300. The minimum absolute atomic E-state index is 0. The minimum Gasteiger partial charge on any atom is -0.394 e. The molecule has 0 aromatic rings. The van der Waals surface area contributed by atoms with Gasteiger partial charge in [-0.3, -0.25) is 4.99 Å². The zero-order chi connectivity index (χ0) is 12.3. The van der Waals surface area contributed by atoms with Crippen molar-refractivity contribution in [3.63, 3.8) is 0 Å². The molecule has 0 bridgehead atoms. The molecule has 0 spiro atoms. The van der Waals surface area contributed by atoms with Crippen LogP contribution in [0.1, 0.15) is 39.0 Å². The molecule has 106 valence electrons. The van der Waals surface area contributed by atoms with Crippen LogP contribution in [0.5, 0.6) is 0 Å². The molecule has 0 heterocycles. The van der Waals surface area contributed by atoms with Crippen molar-refractivity contribution in [1.82, 2.24) is 10.6 Å². The van der Waals surface area contributed by atoms with E-state index in [1.54, 1.807) is 5.57 Å². The Morgan fingerprint density at radius 3 is 2.83 bits per heavy atom. The molecule has 4 nitrogen and oxygen atoms in total. The second-order valence-corrected chi connectivity index (χ2v) is 4.27. The summed E-state index contributed by atoms with van der Waals surface area (Å²) in [6.45, 7) is 4.36. The number of rotatable bonds is 6. The van der Waals surface area contributed by atoms with Gasteiger partial charge in [0.05, 0.1) is 13.2 Å². The molecular formula is C13H26IN3O. The largest absolute Gasteiger partial charge is 0.394 e. The number of hydrogen-bond acceptors (Lipinski definition) is 2. The van der Waals surface area contributed by atoms with E-state index < -0.39 is 0 Å². The van der Waals surface area contributed by atoms with Crippen LogP contribution in [0, 0.1) is 0 Å². The van der Waals surface area contributed by atoms with Crippen LogP contribution in [-0.2, 0) is 0 Å². The third kappa shape index (κ3) is 7.92. The summed E-state index contributed by atoms with van der Waals surface area (Å²) >= 11 is 0. The average molecular weight is 367 g/mol. The van der Waals surface area contributed by atoms with E-state index in [-0.39, 0.29) is 30.6 Å². The summed E-state index contributed by atoms with van der Waals surface area (Å²) < 4.78 is 0. The molecule has 0 radical (unpaired) electrons. The molecule has 0 amide bonds. The first-order chi connectivity index (χ1) is 8.36. The molecule has 0 fully saturated rings. The number of halogens is 1. The van der Waals surface area contributed by atoms with Crippen LogP contribution in [0.3, 0.4) is 0 Å². The summed E-state index contributed by atoms with van der Waals surface area (Å²) in [6.07, 6.45) is 8.66. The zero-order valence-corrected chi connectivity index (χ0v) is 13.6. The predicted molar refractivity (Wildman–Crippen MR) is 87.7 cm³/mol. The molecule has 1 rings (SSSR count). The van der Waals surface area contributed by atoms with Gasteiger partial charge in [0, 0.05) is 13.1 Å². The lowest BCUT2D eigenvalue weighted by Gasteiger charge is -2.14. The molecule has 1 aliphatic rings. The molecule has 3 N–H and O–H groups in total. The zero-order valence-electron chi connectivity index (χ0n) is 11.2.